The minimum absolute atomic E-state index is 0.264. The molecule has 1 aliphatic rings. The van der Waals surface area contributed by atoms with Gasteiger partial charge in [0, 0.05) is 21.9 Å². The lowest BCUT2D eigenvalue weighted by molar-refractivity contribution is -0.118. The first kappa shape index (κ1) is 24.8. The highest BCUT2D eigenvalue weighted by Crippen LogP contribution is 2.39. The Morgan fingerprint density at radius 3 is 2.65 bits per heavy atom. The summed E-state index contributed by atoms with van der Waals surface area (Å²) in [6, 6.07) is 14.7. The number of thiophene rings is 1. The van der Waals surface area contributed by atoms with Crippen LogP contribution >= 0.6 is 11.3 Å². The number of hydrogen-bond acceptors (Lipinski definition) is 7. The van der Waals surface area contributed by atoms with Gasteiger partial charge in [0.25, 0.3) is 5.91 Å². The standard InChI is InChI=1S/C29H27NO6S/c1-3-34-29(33)26-20-11-7-8-12-23(20)37-28(26)30-24(31)16-35-22-14-13-19-21(18-9-5-4-6-10-18)15-25(32)36-27(19)17(22)2/h4-6,9-10,13-15H,3,7-8,11-12,16H2,1-2H3,(H,30,31). The summed E-state index contributed by atoms with van der Waals surface area (Å²) in [6.07, 6.45) is 3.77. The molecule has 37 heavy (non-hydrogen) atoms. The number of nitrogens with one attached hydrogen (secondary N) is 1. The van der Waals surface area contributed by atoms with Gasteiger partial charge < -0.3 is 19.2 Å². The normalized spacial score (nSPS) is 12.7. The van der Waals surface area contributed by atoms with Crippen molar-refractivity contribution in [3.8, 4) is 16.9 Å². The van der Waals surface area contributed by atoms with Crippen molar-refractivity contribution in [3.05, 3.63) is 80.5 Å². The molecule has 4 aromatic rings. The molecule has 2 heterocycles. The molecule has 2 aromatic heterocycles. The number of benzene rings is 2. The molecule has 0 fully saturated rings. The van der Waals surface area contributed by atoms with E-state index >= 15 is 0 Å². The maximum Gasteiger partial charge on any atom is 0.341 e. The summed E-state index contributed by atoms with van der Waals surface area (Å²) >= 11 is 1.43. The third-order valence-electron chi connectivity index (χ3n) is 6.46. The summed E-state index contributed by atoms with van der Waals surface area (Å²) in [5.74, 6) is -0.358. The van der Waals surface area contributed by atoms with Crippen molar-refractivity contribution in [3.63, 3.8) is 0 Å². The van der Waals surface area contributed by atoms with E-state index in [1.807, 2.05) is 36.4 Å². The van der Waals surface area contributed by atoms with Crippen molar-refractivity contribution in [2.75, 3.05) is 18.5 Å². The Bertz CT molecular complexity index is 1540. The first-order valence-corrected chi connectivity index (χ1v) is 13.1. The zero-order valence-electron chi connectivity index (χ0n) is 20.7. The summed E-state index contributed by atoms with van der Waals surface area (Å²) in [5, 5.41) is 4.14. The van der Waals surface area contributed by atoms with Crippen molar-refractivity contribution >= 4 is 39.2 Å². The number of fused-ring (bicyclic) bond motifs is 2. The molecule has 0 saturated heterocycles. The van der Waals surface area contributed by atoms with E-state index in [1.165, 1.54) is 17.4 Å². The molecule has 0 atom stereocenters. The molecule has 0 radical (unpaired) electrons. The highest BCUT2D eigenvalue weighted by Gasteiger charge is 2.27. The van der Waals surface area contributed by atoms with Crippen molar-refractivity contribution in [1.29, 1.82) is 0 Å². The van der Waals surface area contributed by atoms with E-state index in [4.69, 9.17) is 13.9 Å². The van der Waals surface area contributed by atoms with E-state index in [9.17, 15) is 14.4 Å². The lowest BCUT2D eigenvalue weighted by Gasteiger charge is -2.13. The van der Waals surface area contributed by atoms with Crippen molar-refractivity contribution < 1.29 is 23.5 Å². The van der Waals surface area contributed by atoms with Gasteiger partial charge in [-0.05, 0) is 68.4 Å². The SMILES string of the molecule is CCOC(=O)c1c(NC(=O)COc2ccc3c(-c4ccccc4)cc(=O)oc3c2C)sc2c1CCCC2. The molecule has 1 amide bonds. The second kappa shape index (κ2) is 10.6. The average molecular weight is 518 g/mol. The first-order valence-electron chi connectivity index (χ1n) is 12.3. The van der Waals surface area contributed by atoms with Gasteiger partial charge in [-0.25, -0.2) is 9.59 Å². The number of anilines is 1. The first-order chi connectivity index (χ1) is 18.0. The molecule has 0 bridgehead atoms. The number of amides is 1. The van der Waals surface area contributed by atoms with Crippen LogP contribution in [0, 0.1) is 6.92 Å². The highest BCUT2D eigenvalue weighted by atomic mass is 32.1. The van der Waals surface area contributed by atoms with Crippen LogP contribution in [0.15, 0.2) is 57.7 Å². The minimum Gasteiger partial charge on any atom is -0.483 e. The third kappa shape index (κ3) is 5.02. The average Bonchev–Trinajstić information content (AvgIpc) is 3.26. The Labute approximate surface area is 218 Å². The number of carbonyl (C=O) groups is 2. The Hall–Kier alpha value is -3.91. The predicted molar refractivity (Wildman–Crippen MR) is 144 cm³/mol. The van der Waals surface area contributed by atoms with E-state index in [1.54, 1.807) is 19.9 Å². The molecule has 0 unspecified atom stereocenters. The number of rotatable bonds is 7. The smallest absolute Gasteiger partial charge is 0.341 e. The molecule has 2 aromatic carbocycles. The summed E-state index contributed by atoms with van der Waals surface area (Å²) in [6.45, 7) is 3.56. The Kier molecular flexibility index (Phi) is 7.10. The molecule has 0 spiro atoms. The van der Waals surface area contributed by atoms with Crippen LogP contribution in [0.4, 0.5) is 5.00 Å². The van der Waals surface area contributed by atoms with Crippen LogP contribution in [0.5, 0.6) is 5.75 Å². The van der Waals surface area contributed by atoms with Crippen molar-refractivity contribution in [1.82, 2.24) is 0 Å². The van der Waals surface area contributed by atoms with Gasteiger partial charge in [0.2, 0.25) is 0 Å². The van der Waals surface area contributed by atoms with Gasteiger partial charge in [0.15, 0.2) is 6.61 Å². The van der Waals surface area contributed by atoms with Crippen molar-refractivity contribution in [2.45, 2.75) is 39.5 Å². The maximum absolute atomic E-state index is 12.8. The van der Waals surface area contributed by atoms with Gasteiger partial charge in [0.1, 0.15) is 16.3 Å². The summed E-state index contributed by atoms with van der Waals surface area (Å²) in [7, 11) is 0. The lowest BCUT2D eigenvalue weighted by atomic mass is 9.95. The van der Waals surface area contributed by atoms with Gasteiger partial charge in [-0.2, -0.15) is 0 Å². The lowest BCUT2D eigenvalue weighted by Crippen LogP contribution is -2.21. The zero-order valence-corrected chi connectivity index (χ0v) is 21.5. The Morgan fingerprint density at radius 2 is 1.86 bits per heavy atom. The number of ether oxygens (including phenoxy) is 2. The maximum atomic E-state index is 12.8. The number of aryl methyl sites for hydroxylation is 2. The van der Waals surface area contributed by atoms with Gasteiger partial charge in [-0.3, -0.25) is 4.79 Å². The second-order valence-electron chi connectivity index (χ2n) is 8.88. The van der Waals surface area contributed by atoms with Crippen LogP contribution < -0.4 is 15.7 Å². The third-order valence-corrected chi connectivity index (χ3v) is 7.67. The van der Waals surface area contributed by atoms with E-state index in [0.29, 0.717) is 27.5 Å². The fourth-order valence-electron chi connectivity index (χ4n) is 4.73. The van der Waals surface area contributed by atoms with Crippen LogP contribution in [0.1, 0.15) is 46.1 Å². The topological polar surface area (TPSA) is 94.8 Å². The van der Waals surface area contributed by atoms with Gasteiger partial charge in [-0.1, -0.05) is 30.3 Å². The molecular weight excluding hydrogens is 490 g/mol. The van der Waals surface area contributed by atoms with Gasteiger partial charge in [0.05, 0.1) is 12.2 Å². The van der Waals surface area contributed by atoms with Gasteiger partial charge >= 0.3 is 11.6 Å². The Balaban J connectivity index is 1.37. The molecule has 190 valence electrons. The summed E-state index contributed by atoms with van der Waals surface area (Å²) in [4.78, 5) is 38.9. The van der Waals surface area contributed by atoms with E-state index in [0.717, 1.165) is 52.6 Å². The van der Waals surface area contributed by atoms with Crippen LogP contribution in [0.2, 0.25) is 0 Å². The van der Waals surface area contributed by atoms with E-state index in [-0.39, 0.29) is 19.1 Å². The number of esters is 1. The minimum atomic E-state index is -0.461. The van der Waals surface area contributed by atoms with Crippen LogP contribution in [-0.4, -0.2) is 25.1 Å². The van der Waals surface area contributed by atoms with Crippen LogP contribution in [-0.2, 0) is 22.4 Å². The molecule has 5 rings (SSSR count). The molecule has 7 nitrogen and oxygen atoms in total. The van der Waals surface area contributed by atoms with Crippen molar-refractivity contribution in [2.24, 2.45) is 0 Å². The van der Waals surface area contributed by atoms with Crippen LogP contribution in [0.25, 0.3) is 22.1 Å². The second-order valence-corrected chi connectivity index (χ2v) is 9.99. The zero-order chi connectivity index (χ0) is 25.9. The largest absolute Gasteiger partial charge is 0.483 e. The fraction of sp³-hybridized carbons (Fsp3) is 0.276. The molecular formula is C29H27NO6S. The summed E-state index contributed by atoms with van der Waals surface area (Å²) in [5.41, 5.74) is 3.71. The molecule has 0 aliphatic heterocycles. The van der Waals surface area contributed by atoms with Gasteiger partial charge in [-0.15, -0.1) is 11.3 Å². The molecule has 1 N–H and O–H groups in total. The number of hydrogen-bond donors (Lipinski definition) is 1. The summed E-state index contributed by atoms with van der Waals surface area (Å²) < 4.78 is 16.6. The quantitative estimate of drug-likeness (QED) is 0.242. The Morgan fingerprint density at radius 1 is 1.08 bits per heavy atom. The van der Waals surface area contributed by atoms with Crippen LogP contribution in [0.3, 0.4) is 0 Å². The highest BCUT2D eigenvalue weighted by molar-refractivity contribution is 7.17. The molecule has 1 aliphatic carbocycles. The monoisotopic (exact) mass is 517 g/mol. The predicted octanol–water partition coefficient (Wildman–Crippen LogP) is 5.90. The number of carbonyl (C=O) groups excluding carboxylic acids is 2. The molecule has 0 saturated carbocycles. The fourth-order valence-corrected chi connectivity index (χ4v) is 6.03. The molecule has 8 heteroatoms. The van der Waals surface area contributed by atoms with E-state index in [2.05, 4.69) is 5.32 Å². The van der Waals surface area contributed by atoms with E-state index < -0.39 is 11.6 Å².